The van der Waals surface area contributed by atoms with E-state index in [4.69, 9.17) is 25.2 Å². The van der Waals surface area contributed by atoms with Gasteiger partial charge in [0.05, 0.1) is 24.5 Å². The third kappa shape index (κ3) is 5.11. The van der Waals surface area contributed by atoms with Crippen molar-refractivity contribution in [3.8, 4) is 38.8 Å². The summed E-state index contributed by atoms with van der Waals surface area (Å²) in [4.78, 5) is 25.7. The monoisotopic (exact) mass is 626 g/mol. The van der Waals surface area contributed by atoms with Crippen molar-refractivity contribution in [1.29, 1.82) is 0 Å². The highest BCUT2D eigenvalue weighted by Gasteiger charge is 2.28. The average molecular weight is 627 g/mol. The Morgan fingerprint density at radius 2 is 2.05 bits per heavy atom. The van der Waals surface area contributed by atoms with Gasteiger partial charge in [-0.3, -0.25) is 4.79 Å². The highest BCUT2D eigenvalue weighted by atomic mass is 32.1. The zero-order valence-electron chi connectivity index (χ0n) is 24.3. The number of benzene rings is 2. The van der Waals surface area contributed by atoms with Gasteiger partial charge in [-0.1, -0.05) is 18.7 Å². The van der Waals surface area contributed by atoms with Crippen LogP contribution in [0.4, 0.5) is 4.39 Å². The predicted octanol–water partition coefficient (Wildman–Crippen LogP) is 6.93. The van der Waals surface area contributed by atoms with Gasteiger partial charge in [0.1, 0.15) is 28.9 Å². The molecule has 1 aliphatic heterocycles. The summed E-state index contributed by atoms with van der Waals surface area (Å²) in [5.41, 5.74) is 14.0. The maximum Gasteiger partial charge on any atom is 0.246 e. The molecule has 0 fully saturated rings. The van der Waals surface area contributed by atoms with Crippen LogP contribution in [0, 0.1) is 5.82 Å². The Bertz CT molecular complexity index is 1920. The van der Waals surface area contributed by atoms with E-state index in [1.165, 1.54) is 29.3 Å². The van der Waals surface area contributed by atoms with Crippen molar-refractivity contribution in [3.05, 3.63) is 88.0 Å². The summed E-state index contributed by atoms with van der Waals surface area (Å²) in [5, 5.41) is 3.82. The molecule has 2 aromatic carbocycles. The summed E-state index contributed by atoms with van der Waals surface area (Å²) < 4.78 is 26.9. The minimum Gasteiger partial charge on any atom is -0.490 e. The summed E-state index contributed by atoms with van der Waals surface area (Å²) in [6.45, 7) is 5.37. The molecule has 44 heavy (non-hydrogen) atoms. The van der Waals surface area contributed by atoms with Gasteiger partial charge in [-0.2, -0.15) is 0 Å². The summed E-state index contributed by atoms with van der Waals surface area (Å²) >= 11 is 3.16. The van der Waals surface area contributed by atoms with Crippen LogP contribution >= 0.6 is 22.7 Å². The largest absolute Gasteiger partial charge is 0.490 e. The van der Waals surface area contributed by atoms with Gasteiger partial charge in [-0.05, 0) is 59.7 Å². The molecule has 224 valence electrons. The molecule has 7 rings (SSSR count). The standard InChI is InChI=1S/C34H31FN4O3S2/c1-3-29(40)39-12-10-26-28(18-39)44-34(37-26)32-30(23-8-6-21(35)17-27(23)42-14-13-41-2)33-24(11-15-43-33)31(38-32)20-4-7-22-19(16-20)5-9-25(22)36/h3-4,6-8,11,15-17,25H,1,5,9-10,12-14,18,36H2,2H3. The molecule has 5 aromatic rings. The van der Waals surface area contributed by atoms with Crippen LogP contribution in [0.5, 0.6) is 5.75 Å². The fourth-order valence-electron chi connectivity index (χ4n) is 6.12. The molecule has 1 aliphatic carbocycles. The van der Waals surface area contributed by atoms with Crippen LogP contribution in [0.15, 0.2) is 60.5 Å². The number of aromatic nitrogens is 2. The van der Waals surface area contributed by atoms with E-state index in [1.54, 1.807) is 40.7 Å². The summed E-state index contributed by atoms with van der Waals surface area (Å²) in [6.07, 6.45) is 3.89. The van der Waals surface area contributed by atoms with Crippen LogP contribution in [-0.4, -0.2) is 47.6 Å². The molecular formula is C34H31FN4O3S2. The third-order valence-electron chi connectivity index (χ3n) is 8.33. The Labute approximate surface area is 262 Å². The van der Waals surface area contributed by atoms with Crippen LogP contribution in [0.25, 0.3) is 43.2 Å². The number of thiazole rings is 1. The number of carbonyl (C=O) groups is 1. The molecule has 4 heterocycles. The second-order valence-corrected chi connectivity index (χ2v) is 13.0. The van der Waals surface area contributed by atoms with Crippen LogP contribution in [0.3, 0.4) is 0 Å². The van der Waals surface area contributed by atoms with Crippen LogP contribution in [0.2, 0.25) is 0 Å². The van der Waals surface area contributed by atoms with E-state index in [1.807, 2.05) is 0 Å². The van der Waals surface area contributed by atoms with E-state index in [2.05, 4.69) is 36.2 Å². The molecule has 0 bridgehead atoms. The topological polar surface area (TPSA) is 90.6 Å². The van der Waals surface area contributed by atoms with Crippen molar-refractivity contribution in [1.82, 2.24) is 14.9 Å². The number of ether oxygens (including phenoxy) is 2. The van der Waals surface area contributed by atoms with Crippen molar-refractivity contribution in [2.45, 2.75) is 31.8 Å². The van der Waals surface area contributed by atoms with Crippen LogP contribution in [-0.2, 0) is 28.9 Å². The minimum atomic E-state index is -0.386. The van der Waals surface area contributed by atoms with Gasteiger partial charge >= 0.3 is 0 Å². The number of aryl methyl sites for hydroxylation is 1. The number of carbonyl (C=O) groups excluding carboxylic acids is 1. The maximum absolute atomic E-state index is 14.6. The fourth-order valence-corrected chi connectivity index (χ4v) is 8.19. The van der Waals surface area contributed by atoms with Crippen molar-refractivity contribution in [3.63, 3.8) is 0 Å². The number of fused-ring (bicyclic) bond motifs is 3. The van der Waals surface area contributed by atoms with Gasteiger partial charge in [0.15, 0.2) is 0 Å². The number of thiophene rings is 1. The number of rotatable bonds is 8. The second kappa shape index (κ2) is 11.9. The Hall–Kier alpha value is -3.96. The molecule has 1 amide bonds. The summed E-state index contributed by atoms with van der Waals surface area (Å²) in [7, 11) is 1.60. The second-order valence-electron chi connectivity index (χ2n) is 11.0. The number of nitrogens with zero attached hydrogens (tertiary/aromatic N) is 3. The SMILES string of the molecule is C=CC(=O)N1CCc2nc(-c3nc(-c4ccc5c(c4)CCC5N)c4ccsc4c3-c3ccc(F)cc3OCCOC)sc2C1. The van der Waals surface area contributed by atoms with Crippen molar-refractivity contribution in [2.75, 3.05) is 26.9 Å². The lowest BCUT2D eigenvalue weighted by Gasteiger charge is -2.24. The first kappa shape index (κ1) is 28.8. The molecule has 3 aromatic heterocycles. The number of pyridine rings is 1. The molecule has 10 heteroatoms. The Morgan fingerprint density at radius 3 is 2.89 bits per heavy atom. The molecule has 0 radical (unpaired) electrons. The normalized spacial score (nSPS) is 15.8. The van der Waals surface area contributed by atoms with Gasteiger partial charge in [0.2, 0.25) is 5.91 Å². The third-order valence-corrected chi connectivity index (χ3v) is 10.3. The molecule has 1 atom stereocenters. The minimum absolute atomic E-state index is 0.0651. The first-order valence-corrected chi connectivity index (χ1v) is 16.3. The Kier molecular flexibility index (Phi) is 7.75. The first-order valence-electron chi connectivity index (χ1n) is 14.6. The molecule has 2 aliphatic rings. The van der Waals surface area contributed by atoms with E-state index in [-0.39, 0.29) is 24.4 Å². The predicted molar refractivity (Wildman–Crippen MR) is 173 cm³/mol. The lowest BCUT2D eigenvalue weighted by molar-refractivity contribution is -0.126. The van der Waals surface area contributed by atoms with Crippen molar-refractivity contribution < 1.29 is 18.7 Å². The lowest BCUT2D eigenvalue weighted by atomic mass is 9.97. The average Bonchev–Trinajstić information content (AvgIpc) is 3.78. The lowest BCUT2D eigenvalue weighted by Crippen LogP contribution is -2.34. The Balaban J connectivity index is 1.45. The number of halogens is 1. The molecule has 7 nitrogen and oxygen atoms in total. The number of nitrogens with two attached hydrogens (primary N) is 1. The van der Waals surface area contributed by atoms with E-state index >= 15 is 0 Å². The van der Waals surface area contributed by atoms with E-state index < -0.39 is 0 Å². The number of methoxy groups -OCH3 is 1. The van der Waals surface area contributed by atoms with Gasteiger partial charge in [-0.25, -0.2) is 14.4 Å². The van der Waals surface area contributed by atoms with Crippen LogP contribution in [0.1, 0.15) is 34.2 Å². The van der Waals surface area contributed by atoms with Gasteiger partial charge < -0.3 is 20.1 Å². The molecule has 0 saturated carbocycles. The molecule has 1 unspecified atom stereocenters. The zero-order valence-corrected chi connectivity index (χ0v) is 25.9. The maximum atomic E-state index is 14.6. The van der Waals surface area contributed by atoms with Crippen LogP contribution < -0.4 is 10.5 Å². The molecular weight excluding hydrogens is 596 g/mol. The van der Waals surface area contributed by atoms with Crippen molar-refractivity contribution in [2.24, 2.45) is 5.73 Å². The highest BCUT2D eigenvalue weighted by molar-refractivity contribution is 7.18. The first-order chi connectivity index (χ1) is 21.4. The van der Waals surface area contributed by atoms with E-state index in [0.717, 1.165) is 60.9 Å². The van der Waals surface area contributed by atoms with Gasteiger partial charge in [-0.15, -0.1) is 22.7 Å². The smallest absolute Gasteiger partial charge is 0.246 e. The van der Waals surface area contributed by atoms with Gasteiger partial charge in [0, 0.05) is 63.8 Å². The molecule has 2 N–H and O–H groups in total. The highest BCUT2D eigenvalue weighted by Crippen LogP contribution is 2.47. The van der Waals surface area contributed by atoms with E-state index in [0.29, 0.717) is 37.6 Å². The molecule has 0 saturated heterocycles. The molecule has 0 spiro atoms. The summed E-state index contributed by atoms with van der Waals surface area (Å²) in [6, 6.07) is 13.2. The number of amides is 1. The summed E-state index contributed by atoms with van der Waals surface area (Å²) in [5.74, 6) is -0.0573. The van der Waals surface area contributed by atoms with Crippen molar-refractivity contribution >= 4 is 38.7 Å². The number of hydrogen-bond donors (Lipinski definition) is 1. The van der Waals surface area contributed by atoms with Gasteiger partial charge in [0.25, 0.3) is 0 Å². The van der Waals surface area contributed by atoms with E-state index in [9.17, 15) is 9.18 Å². The zero-order chi connectivity index (χ0) is 30.4. The Morgan fingerprint density at radius 1 is 1.16 bits per heavy atom. The number of hydrogen-bond acceptors (Lipinski definition) is 8. The fraction of sp³-hybridized carbons (Fsp3) is 0.265. The quantitative estimate of drug-likeness (QED) is 0.148.